The van der Waals surface area contributed by atoms with Crippen LogP contribution >= 0.6 is 11.3 Å². The minimum absolute atomic E-state index is 0.558. The highest BCUT2D eigenvalue weighted by Crippen LogP contribution is 2.42. The summed E-state index contributed by atoms with van der Waals surface area (Å²) >= 11 is 1.87. The highest BCUT2D eigenvalue weighted by Gasteiger charge is 2.41. The molecule has 0 radical (unpaired) electrons. The zero-order chi connectivity index (χ0) is 43.2. The molecule has 0 spiro atoms. The first-order valence-corrected chi connectivity index (χ1v) is 25.7. The molecule has 0 atom stereocenters. The first-order chi connectivity index (χ1) is 32.0. The second-order valence-electron chi connectivity index (χ2n) is 17.3. The van der Waals surface area contributed by atoms with Crippen LogP contribution in [0.3, 0.4) is 0 Å². The van der Waals surface area contributed by atoms with E-state index in [-0.39, 0.29) is 0 Å². The predicted molar refractivity (Wildman–Crippen MR) is 272 cm³/mol. The van der Waals surface area contributed by atoms with Gasteiger partial charge in [-0.1, -0.05) is 171 Å². The summed E-state index contributed by atoms with van der Waals surface area (Å²) in [5.74, 6) is 2.50. The van der Waals surface area contributed by atoms with Crippen molar-refractivity contribution in [3.05, 3.63) is 194 Å². The molecular formula is C57H38N6SSi. The second-order valence-corrected chi connectivity index (χ2v) is 22.6. The number of rotatable bonds is 6. The van der Waals surface area contributed by atoms with Gasteiger partial charge in [-0.05, 0) is 63.5 Å². The van der Waals surface area contributed by atoms with Gasteiger partial charge >= 0.3 is 0 Å². The molecule has 0 unspecified atom stereocenters. The van der Waals surface area contributed by atoms with E-state index in [1.165, 1.54) is 47.2 Å². The Kier molecular flexibility index (Phi) is 8.43. The van der Waals surface area contributed by atoms with Crippen LogP contribution in [-0.2, 0) is 0 Å². The summed E-state index contributed by atoms with van der Waals surface area (Å²) < 4.78 is 4.77. The summed E-state index contributed by atoms with van der Waals surface area (Å²) in [6, 6.07) is 68.6. The summed E-state index contributed by atoms with van der Waals surface area (Å²) in [6.45, 7) is 4.89. The highest BCUT2D eigenvalue weighted by molar-refractivity contribution is 7.26. The van der Waals surface area contributed by atoms with Crippen LogP contribution in [0.5, 0.6) is 0 Å². The van der Waals surface area contributed by atoms with Crippen LogP contribution in [0, 0.1) is 0 Å². The van der Waals surface area contributed by atoms with Gasteiger partial charge in [-0.25, -0.2) is 15.0 Å². The van der Waals surface area contributed by atoms with Crippen LogP contribution in [0.15, 0.2) is 194 Å². The van der Waals surface area contributed by atoms with Gasteiger partial charge in [-0.3, -0.25) is 4.57 Å². The molecule has 0 N–H and O–H groups in total. The van der Waals surface area contributed by atoms with Gasteiger partial charge in [-0.2, -0.15) is 9.97 Å². The smallest absolute Gasteiger partial charge is 0.238 e. The van der Waals surface area contributed by atoms with Crippen molar-refractivity contribution in [3.8, 4) is 73.8 Å². The molecule has 13 rings (SSSR count). The molecule has 306 valence electrons. The molecule has 65 heavy (non-hydrogen) atoms. The number of fused-ring (bicyclic) bond motifs is 9. The summed E-state index contributed by atoms with van der Waals surface area (Å²) in [5.41, 5.74) is 11.6. The largest absolute Gasteiger partial charge is 0.278 e. The average molecular weight is 867 g/mol. The molecule has 0 saturated heterocycles. The van der Waals surface area contributed by atoms with Crippen molar-refractivity contribution in [3.63, 3.8) is 0 Å². The lowest BCUT2D eigenvalue weighted by Crippen LogP contribution is -2.50. The summed E-state index contributed by atoms with van der Waals surface area (Å²) in [4.78, 5) is 26.4. The van der Waals surface area contributed by atoms with E-state index in [1.807, 2.05) is 72.0 Å². The van der Waals surface area contributed by atoms with Crippen molar-refractivity contribution in [1.29, 1.82) is 0 Å². The zero-order valence-electron chi connectivity index (χ0n) is 35.6. The molecule has 5 heterocycles. The molecule has 0 fully saturated rings. The predicted octanol–water partition coefficient (Wildman–Crippen LogP) is 13.3. The van der Waals surface area contributed by atoms with Crippen LogP contribution in [0.25, 0.3) is 116 Å². The number of aromatic nitrogens is 6. The Balaban J connectivity index is 1.01. The van der Waals surface area contributed by atoms with E-state index in [1.54, 1.807) is 0 Å². The van der Waals surface area contributed by atoms with Crippen molar-refractivity contribution in [2.45, 2.75) is 13.1 Å². The SMILES string of the molecule is C[Si]1(C)c2ccccc2-c2nc(-c3ccc4c(c3)c3ccccc3n4-c3nc(-c4ccccc4)nc(-c4ccccc4)n3)nc(-c3cccc(-c4cccc5c4sc4ccccc45)c3)c21. The molecule has 0 saturated carbocycles. The Bertz CT molecular complexity index is 3820. The van der Waals surface area contributed by atoms with Crippen LogP contribution < -0.4 is 10.4 Å². The van der Waals surface area contributed by atoms with E-state index in [9.17, 15) is 0 Å². The quantitative estimate of drug-likeness (QED) is 0.156. The van der Waals surface area contributed by atoms with Crippen molar-refractivity contribution in [2.75, 3.05) is 0 Å². The maximum atomic E-state index is 5.62. The van der Waals surface area contributed by atoms with Crippen molar-refractivity contribution in [1.82, 2.24) is 29.5 Å². The standard InChI is InChI=1S/C57H38N6SSi/c1-65(2)49-30-14-11-25-44(49)51-53(65)50(38-22-15-21-37(33-38)40-26-16-27-43-42-24-10-13-29-48(42)64-52(40)43)58-56(59-51)39-31-32-47-45(34-39)41-23-9-12-28-46(41)63(47)57-61-54(35-17-5-3-6-18-35)60-55(62-57)36-19-7-4-8-20-36/h3-34H,1-2H3. The Morgan fingerprint density at radius 3 is 1.78 bits per heavy atom. The first kappa shape index (κ1) is 37.6. The minimum Gasteiger partial charge on any atom is -0.278 e. The first-order valence-electron chi connectivity index (χ1n) is 21.9. The van der Waals surface area contributed by atoms with Crippen molar-refractivity contribution in [2.24, 2.45) is 0 Å². The number of thiophene rings is 1. The minimum atomic E-state index is -2.21. The van der Waals surface area contributed by atoms with Crippen molar-refractivity contribution >= 4 is 71.8 Å². The number of para-hydroxylation sites is 1. The normalized spacial score (nSPS) is 12.9. The van der Waals surface area contributed by atoms with Gasteiger partial charge in [0.15, 0.2) is 17.5 Å². The van der Waals surface area contributed by atoms with Crippen LogP contribution in [0.4, 0.5) is 0 Å². The fourth-order valence-electron chi connectivity index (χ4n) is 9.99. The number of hydrogen-bond acceptors (Lipinski definition) is 6. The summed E-state index contributed by atoms with van der Waals surface area (Å²) in [7, 11) is -2.21. The van der Waals surface area contributed by atoms with E-state index < -0.39 is 8.07 Å². The molecule has 1 aliphatic heterocycles. The molecule has 8 aromatic carbocycles. The van der Waals surface area contributed by atoms with Crippen LogP contribution in [-0.4, -0.2) is 37.6 Å². The fourth-order valence-corrected chi connectivity index (χ4v) is 14.5. The van der Waals surface area contributed by atoms with E-state index in [4.69, 9.17) is 24.9 Å². The van der Waals surface area contributed by atoms with Crippen molar-refractivity contribution < 1.29 is 0 Å². The van der Waals surface area contributed by atoms with E-state index in [0.717, 1.165) is 55.4 Å². The van der Waals surface area contributed by atoms with E-state index >= 15 is 0 Å². The molecule has 1 aliphatic rings. The lowest BCUT2D eigenvalue weighted by molar-refractivity contribution is 0.953. The lowest BCUT2D eigenvalue weighted by atomic mass is 9.99. The molecule has 12 aromatic rings. The Morgan fingerprint density at radius 1 is 0.400 bits per heavy atom. The van der Waals surface area contributed by atoms with Gasteiger partial charge in [0.1, 0.15) is 8.07 Å². The molecule has 8 heteroatoms. The maximum absolute atomic E-state index is 5.62. The second kappa shape index (κ2) is 14.6. The highest BCUT2D eigenvalue weighted by atomic mass is 32.1. The molecule has 0 bridgehead atoms. The van der Waals surface area contributed by atoms with Crippen LogP contribution in [0.2, 0.25) is 13.1 Å². The molecule has 0 amide bonds. The Morgan fingerprint density at radius 2 is 0.985 bits per heavy atom. The molecular weight excluding hydrogens is 829 g/mol. The van der Waals surface area contributed by atoms with Gasteiger partial charge in [0.05, 0.1) is 22.4 Å². The topological polar surface area (TPSA) is 69.4 Å². The maximum Gasteiger partial charge on any atom is 0.238 e. The van der Waals surface area contributed by atoms with Gasteiger partial charge in [0.25, 0.3) is 0 Å². The molecule has 6 nitrogen and oxygen atoms in total. The van der Waals surface area contributed by atoms with E-state index in [2.05, 4.69) is 151 Å². The fraction of sp³-hybridized carbons (Fsp3) is 0.0351. The van der Waals surface area contributed by atoms with E-state index in [0.29, 0.717) is 23.4 Å². The molecule has 4 aromatic heterocycles. The monoisotopic (exact) mass is 866 g/mol. The Hall–Kier alpha value is -7.91. The summed E-state index contributed by atoms with van der Waals surface area (Å²) in [6.07, 6.45) is 0. The van der Waals surface area contributed by atoms with Gasteiger partial charge < -0.3 is 0 Å². The lowest BCUT2D eigenvalue weighted by Gasteiger charge is -2.22. The number of hydrogen-bond donors (Lipinski definition) is 0. The summed E-state index contributed by atoms with van der Waals surface area (Å²) in [5, 5.41) is 7.45. The third kappa shape index (κ3) is 5.95. The van der Waals surface area contributed by atoms with Gasteiger partial charge in [-0.15, -0.1) is 11.3 Å². The third-order valence-electron chi connectivity index (χ3n) is 13.1. The van der Waals surface area contributed by atoms with Gasteiger partial charge in [0, 0.05) is 53.2 Å². The van der Waals surface area contributed by atoms with Gasteiger partial charge in [0.2, 0.25) is 5.95 Å². The Labute approximate surface area is 380 Å². The number of nitrogens with zero attached hydrogens (tertiary/aromatic N) is 6. The van der Waals surface area contributed by atoms with Crippen LogP contribution in [0.1, 0.15) is 0 Å². The zero-order valence-corrected chi connectivity index (χ0v) is 37.4. The molecule has 0 aliphatic carbocycles. The third-order valence-corrected chi connectivity index (χ3v) is 17.8. The number of benzene rings is 8. The average Bonchev–Trinajstić information content (AvgIpc) is 3.99.